The van der Waals surface area contributed by atoms with Gasteiger partial charge in [0.1, 0.15) is 41.8 Å². The standard InChI is InChI=1S/C29H45F6N3O8.C19H29F6N3O4/c1-16(2)18(14-17(3)39)22(41)36-19(20(40)15-44-23(28(30,31)32)29(33,34)35)12-10-11-13-21(37-24(42)45-26(4,5)6)38-25(43)46-27(7,8)9;1-10(2)12(8-11(3)29)16(31)28-13(6-4-5-7-15(26)27)14(30)9-32-17(18(20,21)22)19(23,24)25/h16,18-19,23H,10-15H2,1-9H3,(H,36,41)(H,37,38,42,43);10,12-13,17H,4-9H2,1-3H3,(H3,26,27)(H,28,31)/t18-,19-;12-,13-/m00/s1. The van der Waals surface area contributed by atoms with Crippen LogP contribution in [-0.2, 0) is 47.7 Å². The van der Waals surface area contributed by atoms with Gasteiger partial charge in [0, 0.05) is 37.5 Å². The Morgan fingerprint density at radius 3 is 1.15 bits per heavy atom. The van der Waals surface area contributed by atoms with Gasteiger partial charge in [0.15, 0.2) is 11.6 Å². The maximum Gasteiger partial charge on any atom is 0.435 e. The van der Waals surface area contributed by atoms with Gasteiger partial charge in [-0.2, -0.15) is 57.7 Å². The highest BCUT2D eigenvalue weighted by Crippen LogP contribution is 2.37. The SMILES string of the molecule is CC(=O)C[C@H](C(=O)N[C@@H](CCCCC(=N)N)C(=O)COC(C(F)(F)F)C(F)(F)F)C(C)C.CC(=O)C[C@H](C(=O)N[C@@H](CCCCC(=NC(=O)OC(C)(C)C)NC(=O)OC(C)(C)C)C(=O)COC(C(F)(F)F)C(F)(F)F)C(C)C. The minimum atomic E-state index is -5.85. The predicted octanol–water partition coefficient (Wildman–Crippen LogP) is 9.52. The van der Waals surface area contributed by atoms with E-state index in [2.05, 4.69) is 30.4 Å². The first kappa shape index (κ1) is 74.7. The van der Waals surface area contributed by atoms with E-state index in [0.29, 0.717) is 6.42 Å². The number of nitrogens with two attached hydrogens (primary N) is 1. The third-order valence-corrected chi connectivity index (χ3v) is 10.3. The molecule has 0 aromatic heterocycles. The first-order valence-electron chi connectivity index (χ1n) is 24.4. The smallest absolute Gasteiger partial charge is 0.435 e. The Kier molecular flexibility index (Phi) is 31.2. The van der Waals surface area contributed by atoms with Crippen LogP contribution in [0.25, 0.3) is 0 Å². The number of hydrogen-bond donors (Lipinski definition) is 5. The van der Waals surface area contributed by atoms with Gasteiger partial charge in [-0.3, -0.25) is 29.9 Å². The van der Waals surface area contributed by atoms with Crippen LogP contribution in [0.15, 0.2) is 4.99 Å². The first-order chi connectivity index (χ1) is 35.1. The summed E-state index contributed by atoms with van der Waals surface area (Å²) in [7, 11) is 0. The Labute approximate surface area is 444 Å². The van der Waals surface area contributed by atoms with E-state index < -0.39 is 127 Å². The molecule has 78 heavy (non-hydrogen) atoms. The number of nitrogens with one attached hydrogen (secondary N) is 4. The van der Waals surface area contributed by atoms with Crippen molar-refractivity contribution in [3.8, 4) is 0 Å². The van der Waals surface area contributed by atoms with Crippen LogP contribution in [0.2, 0.25) is 0 Å². The maximum atomic E-state index is 13.0. The van der Waals surface area contributed by atoms with Crippen molar-refractivity contribution in [2.24, 2.45) is 34.4 Å². The lowest BCUT2D eigenvalue weighted by Gasteiger charge is -2.26. The summed E-state index contributed by atoms with van der Waals surface area (Å²) in [6, 6.07) is -3.02. The van der Waals surface area contributed by atoms with Gasteiger partial charge in [0.25, 0.3) is 0 Å². The van der Waals surface area contributed by atoms with Crippen molar-refractivity contribution in [3.63, 3.8) is 0 Å². The van der Waals surface area contributed by atoms with Crippen molar-refractivity contribution in [1.82, 2.24) is 16.0 Å². The van der Waals surface area contributed by atoms with Gasteiger partial charge >= 0.3 is 36.9 Å². The number of ketones is 4. The molecule has 0 radical (unpaired) electrons. The van der Waals surface area contributed by atoms with E-state index in [4.69, 9.17) is 20.6 Å². The number of ether oxygens (including phenoxy) is 4. The number of rotatable bonds is 28. The number of amidine groups is 2. The third kappa shape index (κ3) is 33.8. The Morgan fingerprint density at radius 2 is 0.872 bits per heavy atom. The largest absolute Gasteiger partial charge is 0.444 e. The average molecular weight is 1160 g/mol. The Balaban J connectivity index is 0. The summed E-state index contributed by atoms with van der Waals surface area (Å²) in [4.78, 5) is 102. The fourth-order valence-corrected chi connectivity index (χ4v) is 6.62. The van der Waals surface area contributed by atoms with E-state index in [0.717, 1.165) is 0 Å². The number of carbonyl (C=O) groups is 8. The molecular formula is C48H74F12N6O12. The second kappa shape index (κ2) is 32.6. The van der Waals surface area contributed by atoms with Crippen molar-refractivity contribution < 1.29 is 110 Å². The van der Waals surface area contributed by atoms with Gasteiger partial charge in [-0.25, -0.2) is 9.59 Å². The fourth-order valence-electron chi connectivity index (χ4n) is 6.62. The zero-order chi connectivity index (χ0) is 61.5. The number of aliphatic imine (C=N–C) groups is 1. The highest BCUT2D eigenvalue weighted by Gasteiger charge is 2.59. The van der Waals surface area contributed by atoms with Gasteiger partial charge < -0.3 is 44.9 Å². The minimum absolute atomic E-state index is 0.00104. The highest BCUT2D eigenvalue weighted by atomic mass is 19.4. The highest BCUT2D eigenvalue weighted by molar-refractivity contribution is 6.00. The number of amides is 4. The van der Waals surface area contributed by atoms with Crippen molar-refractivity contribution >= 4 is 58.8 Å². The molecule has 0 unspecified atom stereocenters. The molecule has 0 aliphatic heterocycles. The second-order valence-electron chi connectivity index (χ2n) is 20.8. The van der Waals surface area contributed by atoms with E-state index in [1.165, 1.54) is 13.8 Å². The molecular weight excluding hydrogens is 1080 g/mol. The summed E-state index contributed by atoms with van der Waals surface area (Å²) in [5, 5.41) is 14.1. The van der Waals surface area contributed by atoms with Crippen LogP contribution in [0.4, 0.5) is 62.3 Å². The summed E-state index contributed by atoms with van der Waals surface area (Å²) < 4.78 is 171. The number of hydrogen-bond acceptors (Lipinski definition) is 13. The fraction of sp³-hybridized carbons (Fsp3) is 0.792. The van der Waals surface area contributed by atoms with Crippen molar-refractivity contribution in [3.05, 3.63) is 0 Å². The molecule has 4 atom stereocenters. The monoisotopic (exact) mass is 1150 g/mol. The molecule has 18 nitrogen and oxygen atoms in total. The Morgan fingerprint density at radius 1 is 0.538 bits per heavy atom. The van der Waals surface area contributed by atoms with Gasteiger partial charge in [0.2, 0.25) is 24.0 Å². The molecule has 4 amide bonds. The van der Waals surface area contributed by atoms with E-state index in [1.807, 2.05) is 0 Å². The van der Waals surface area contributed by atoms with Gasteiger partial charge in [-0.1, -0.05) is 40.5 Å². The molecule has 0 heterocycles. The van der Waals surface area contributed by atoms with Crippen LogP contribution < -0.4 is 21.7 Å². The first-order valence-corrected chi connectivity index (χ1v) is 24.4. The van der Waals surface area contributed by atoms with Crippen LogP contribution in [0.1, 0.15) is 147 Å². The topological polar surface area (TPSA) is 272 Å². The number of unbranched alkanes of at least 4 members (excludes halogenated alkanes) is 2. The van der Waals surface area contributed by atoms with Crippen LogP contribution in [0, 0.1) is 29.1 Å². The molecule has 0 bridgehead atoms. The Bertz CT molecular complexity index is 2000. The molecule has 0 aromatic rings. The number of halogens is 12. The zero-order valence-corrected chi connectivity index (χ0v) is 45.6. The van der Waals surface area contributed by atoms with Crippen LogP contribution >= 0.6 is 0 Å². The molecule has 0 spiro atoms. The van der Waals surface area contributed by atoms with Crippen LogP contribution in [0.3, 0.4) is 0 Å². The average Bonchev–Trinajstić information content (AvgIpc) is 3.20. The van der Waals surface area contributed by atoms with Gasteiger partial charge in [0.05, 0.1) is 17.9 Å². The molecule has 0 saturated carbocycles. The van der Waals surface area contributed by atoms with E-state index >= 15 is 0 Å². The van der Waals surface area contributed by atoms with Crippen LogP contribution in [-0.4, -0.2) is 132 Å². The minimum Gasteiger partial charge on any atom is -0.444 e. The van der Waals surface area contributed by atoms with Gasteiger partial charge in [-0.15, -0.1) is 0 Å². The molecule has 6 N–H and O–H groups in total. The maximum absolute atomic E-state index is 13.0. The summed E-state index contributed by atoms with van der Waals surface area (Å²) >= 11 is 0. The number of carbonyl (C=O) groups excluding carboxylic acids is 8. The van der Waals surface area contributed by atoms with Crippen molar-refractivity contribution in [2.75, 3.05) is 13.2 Å². The normalized spacial score (nSPS) is 14.4. The summed E-state index contributed by atoms with van der Waals surface area (Å²) in [5.74, 6) is -7.43. The van der Waals surface area contributed by atoms with Crippen molar-refractivity contribution in [2.45, 2.75) is 207 Å². The number of alkyl halides is 12. The number of Topliss-reactive ketones (excluding diaryl/α,β-unsaturated/α-hetero) is 4. The van der Waals surface area contributed by atoms with E-state index in [1.54, 1.807) is 69.2 Å². The lowest BCUT2D eigenvalue weighted by Crippen LogP contribution is -2.49. The Hall–Kier alpha value is -5.42. The lowest BCUT2D eigenvalue weighted by molar-refractivity contribution is -0.320. The summed E-state index contributed by atoms with van der Waals surface area (Å²) in [6.07, 6.45) is -33.8. The molecule has 0 aliphatic carbocycles. The van der Waals surface area contributed by atoms with Gasteiger partial charge in [-0.05, 0) is 92.9 Å². The number of alkyl carbamates (subject to hydrolysis) is 1. The molecule has 0 rings (SSSR count). The lowest BCUT2D eigenvalue weighted by atomic mass is 9.89. The molecule has 452 valence electrons. The number of nitrogens with zero attached hydrogens (tertiary/aromatic N) is 1. The second-order valence-corrected chi connectivity index (χ2v) is 20.8. The molecule has 0 saturated heterocycles. The third-order valence-electron chi connectivity index (χ3n) is 10.3. The predicted molar refractivity (Wildman–Crippen MR) is 257 cm³/mol. The van der Waals surface area contributed by atoms with Crippen molar-refractivity contribution in [1.29, 1.82) is 5.41 Å². The summed E-state index contributed by atoms with van der Waals surface area (Å²) in [6.45, 7) is 15.4. The molecule has 30 heteroatoms. The molecule has 0 fully saturated rings. The molecule has 0 aromatic carbocycles. The molecule has 0 aliphatic rings. The van der Waals surface area contributed by atoms with Crippen LogP contribution in [0.5, 0.6) is 0 Å². The van der Waals surface area contributed by atoms with E-state index in [-0.39, 0.29) is 86.9 Å². The van der Waals surface area contributed by atoms with E-state index in [9.17, 15) is 91.0 Å². The summed E-state index contributed by atoms with van der Waals surface area (Å²) in [5.41, 5.74) is 3.40. The zero-order valence-electron chi connectivity index (χ0n) is 45.6. The quantitative estimate of drug-likeness (QED) is 0.0212.